The fourth-order valence-electron chi connectivity index (χ4n) is 1.27. The van der Waals surface area contributed by atoms with Gasteiger partial charge in [-0.15, -0.1) is 0 Å². The summed E-state index contributed by atoms with van der Waals surface area (Å²) in [6, 6.07) is 3.04. The monoisotopic (exact) mass is 286 g/mol. The molecule has 0 aliphatic carbocycles. The Hall–Kier alpha value is -1.86. The molecule has 1 rings (SSSR count). The topological polar surface area (TPSA) is 106 Å². The van der Waals surface area contributed by atoms with E-state index in [1.807, 2.05) is 0 Å². The molecule has 4 N–H and O–H groups in total. The van der Waals surface area contributed by atoms with Crippen LogP contribution in [0.15, 0.2) is 12.1 Å². The molecular formula is C11H15ClN4O3. The number of hydrogen-bond donors (Lipinski definition) is 3. The molecule has 8 heteroatoms. The van der Waals surface area contributed by atoms with Gasteiger partial charge in [0.15, 0.2) is 0 Å². The number of nitrogens with zero attached hydrogens (tertiary/aromatic N) is 1. The van der Waals surface area contributed by atoms with Crippen molar-refractivity contribution in [2.75, 3.05) is 32.1 Å². The molecule has 0 saturated heterocycles. The lowest BCUT2D eigenvalue weighted by Gasteiger charge is -2.07. The fourth-order valence-corrected chi connectivity index (χ4v) is 1.48. The van der Waals surface area contributed by atoms with E-state index in [4.69, 9.17) is 22.1 Å². The molecule has 0 bridgehead atoms. The zero-order valence-corrected chi connectivity index (χ0v) is 11.2. The third kappa shape index (κ3) is 5.54. The van der Waals surface area contributed by atoms with Crippen LogP contribution < -0.4 is 16.4 Å². The SMILES string of the molecule is CNc1cc(C(=O)NCCOCC(N)=O)cc(Cl)n1. The van der Waals surface area contributed by atoms with Gasteiger partial charge >= 0.3 is 0 Å². The van der Waals surface area contributed by atoms with E-state index >= 15 is 0 Å². The highest BCUT2D eigenvalue weighted by Crippen LogP contribution is 2.13. The van der Waals surface area contributed by atoms with Crippen molar-refractivity contribution in [2.24, 2.45) is 5.73 Å². The first kappa shape index (κ1) is 15.2. The zero-order chi connectivity index (χ0) is 14.3. The number of carbonyl (C=O) groups is 2. The van der Waals surface area contributed by atoms with Gasteiger partial charge in [-0.1, -0.05) is 11.6 Å². The van der Waals surface area contributed by atoms with Gasteiger partial charge in [0, 0.05) is 19.2 Å². The number of rotatable bonds is 7. The quantitative estimate of drug-likeness (QED) is 0.483. The van der Waals surface area contributed by atoms with Crippen molar-refractivity contribution in [1.82, 2.24) is 10.3 Å². The number of amides is 2. The number of ether oxygens (including phenoxy) is 1. The van der Waals surface area contributed by atoms with Crippen LogP contribution in [0.5, 0.6) is 0 Å². The predicted molar refractivity (Wildman–Crippen MR) is 71.1 cm³/mol. The number of primary amides is 1. The highest BCUT2D eigenvalue weighted by atomic mass is 35.5. The molecule has 0 aromatic carbocycles. The van der Waals surface area contributed by atoms with Gasteiger partial charge in [-0.05, 0) is 12.1 Å². The van der Waals surface area contributed by atoms with Crippen LogP contribution in [0.3, 0.4) is 0 Å². The molecule has 0 radical (unpaired) electrons. The Bertz CT molecular complexity index is 467. The molecule has 0 aliphatic rings. The summed E-state index contributed by atoms with van der Waals surface area (Å²) in [5, 5.41) is 5.65. The molecule has 0 unspecified atom stereocenters. The molecule has 1 aromatic heterocycles. The molecule has 0 saturated carbocycles. The smallest absolute Gasteiger partial charge is 0.251 e. The number of hydrogen-bond acceptors (Lipinski definition) is 5. The van der Waals surface area contributed by atoms with Crippen molar-refractivity contribution in [2.45, 2.75) is 0 Å². The van der Waals surface area contributed by atoms with Gasteiger partial charge in [-0.2, -0.15) is 0 Å². The maximum atomic E-state index is 11.8. The summed E-state index contributed by atoms with van der Waals surface area (Å²) in [4.78, 5) is 26.2. The third-order valence-electron chi connectivity index (χ3n) is 2.09. The highest BCUT2D eigenvalue weighted by molar-refractivity contribution is 6.29. The summed E-state index contributed by atoms with van der Waals surface area (Å²) in [5.74, 6) is -0.350. The van der Waals surface area contributed by atoms with Crippen molar-refractivity contribution in [3.63, 3.8) is 0 Å². The van der Waals surface area contributed by atoms with Crippen LogP contribution in [0.25, 0.3) is 0 Å². The average molecular weight is 287 g/mol. The van der Waals surface area contributed by atoms with E-state index in [2.05, 4.69) is 15.6 Å². The lowest BCUT2D eigenvalue weighted by Crippen LogP contribution is -2.29. The van der Waals surface area contributed by atoms with Gasteiger partial charge in [0.2, 0.25) is 5.91 Å². The van der Waals surface area contributed by atoms with Crippen LogP contribution in [-0.4, -0.2) is 43.6 Å². The molecule has 0 aliphatic heterocycles. The summed E-state index contributed by atoms with van der Waals surface area (Å²) in [6.45, 7) is 0.300. The first-order valence-electron chi connectivity index (χ1n) is 5.52. The number of carbonyl (C=O) groups excluding carboxylic acids is 2. The first-order chi connectivity index (χ1) is 9.02. The minimum absolute atomic E-state index is 0.166. The van der Waals surface area contributed by atoms with E-state index in [-0.39, 0.29) is 30.8 Å². The minimum atomic E-state index is -0.550. The van der Waals surface area contributed by atoms with Gasteiger partial charge < -0.3 is 21.1 Å². The molecule has 1 heterocycles. The van der Waals surface area contributed by atoms with Crippen LogP contribution in [0.2, 0.25) is 5.15 Å². The Morgan fingerprint density at radius 2 is 2.21 bits per heavy atom. The van der Waals surface area contributed by atoms with E-state index in [1.165, 1.54) is 6.07 Å². The predicted octanol–water partition coefficient (Wildman–Crippen LogP) is 0.00840. The third-order valence-corrected chi connectivity index (χ3v) is 2.28. The maximum absolute atomic E-state index is 11.8. The molecule has 104 valence electrons. The Balaban J connectivity index is 2.45. The summed E-state index contributed by atoms with van der Waals surface area (Å²) in [5.41, 5.74) is 5.28. The zero-order valence-electron chi connectivity index (χ0n) is 10.4. The Morgan fingerprint density at radius 1 is 1.47 bits per heavy atom. The van der Waals surface area contributed by atoms with E-state index in [1.54, 1.807) is 13.1 Å². The van der Waals surface area contributed by atoms with Gasteiger partial charge in [0.05, 0.1) is 6.61 Å². The van der Waals surface area contributed by atoms with Crippen molar-refractivity contribution in [1.29, 1.82) is 0 Å². The number of halogens is 1. The second kappa shape index (κ2) is 7.55. The van der Waals surface area contributed by atoms with Crippen molar-refractivity contribution in [3.8, 4) is 0 Å². The van der Waals surface area contributed by atoms with Gasteiger partial charge in [-0.25, -0.2) is 4.98 Å². The van der Waals surface area contributed by atoms with Gasteiger partial charge in [0.1, 0.15) is 17.6 Å². The van der Waals surface area contributed by atoms with E-state index in [9.17, 15) is 9.59 Å². The fraction of sp³-hybridized carbons (Fsp3) is 0.364. The van der Waals surface area contributed by atoms with E-state index in [0.717, 1.165) is 0 Å². The average Bonchev–Trinajstić information content (AvgIpc) is 2.36. The van der Waals surface area contributed by atoms with Gasteiger partial charge in [-0.3, -0.25) is 9.59 Å². The Morgan fingerprint density at radius 3 is 2.84 bits per heavy atom. The lowest BCUT2D eigenvalue weighted by atomic mass is 10.2. The molecule has 7 nitrogen and oxygen atoms in total. The van der Waals surface area contributed by atoms with E-state index in [0.29, 0.717) is 11.4 Å². The largest absolute Gasteiger partial charge is 0.373 e. The Kier molecular flexibility index (Phi) is 6.04. The van der Waals surface area contributed by atoms with Gasteiger partial charge in [0.25, 0.3) is 5.91 Å². The van der Waals surface area contributed by atoms with Crippen LogP contribution in [0, 0.1) is 0 Å². The summed E-state index contributed by atoms with van der Waals surface area (Å²) in [7, 11) is 1.68. The van der Waals surface area contributed by atoms with Crippen LogP contribution >= 0.6 is 11.6 Å². The molecule has 0 fully saturated rings. The second-order valence-electron chi connectivity index (χ2n) is 3.59. The van der Waals surface area contributed by atoms with Crippen LogP contribution in [0.1, 0.15) is 10.4 Å². The number of pyridine rings is 1. The molecule has 0 atom stereocenters. The number of nitrogens with one attached hydrogen (secondary N) is 2. The molecule has 0 spiro atoms. The molecular weight excluding hydrogens is 272 g/mol. The molecule has 19 heavy (non-hydrogen) atoms. The minimum Gasteiger partial charge on any atom is -0.373 e. The maximum Gasteiger partial charge on any atom is 0.251 e. The van der Waals surface area contributed by atoms with Crippen molar-refractivity contribution < 1.29 is 14.3 Å². The number of aromatic nitrogens is 1. The number of nitrogens with two attached hydrogens (primary N) is 1. The second-order valence-corrected chi connectivity index (χ2v) is 3.98. The molecule has 2 amide bonds. The first-order valence-corrected chi connectivity index (χ1v) is 5.90. The summed E-state index contributed by atoms with van der Waals surface area (Å²) in [6.07, 6.45) is 0. The lowest BCUT2D eigenvalue weighted by molar-refractivity contribution is -0.122. The standard InChI is InChI=1S/C11H15ClN4O3/c1-14-10-5-7(4-8(12)16-10)11(18)15-2-3-19-6-9(13)17/h4-5H,2-3,6H2,1H3,(H2,13,17)(H,14,16)(H,15,18). The summed E-state index contributed by atoms with van der Waals surface area (Å²) >= 11 is 5.78. The van der Waals surface area contributed by atoms with Crippen LogP contribution in [-0.2, 0) is 9.53 Å². The number of anilines is 1. The van der Waals surface area contributed by atoms with Crippen molar-refractivity contribution >= 4 is 29.2 Å². The highest BCUT2D eigenvalue weighted by Gasteiger charge is 2.08. The summed E-state index contributed by atoms with van der Waals surface area (Å²) < 4.78 is 4.91. The van der Waals surface area contributed by atoms with Crippen molar-refractivity contribution in [3.05, 3.63) is 22.8 Å². The van der Waals surface area contributed by atoms with E-state index < -0.39 is 5.91 Å². The molecule has 1 aromatic rings. The van der Waals surface area contributed by atoms with Crippen LogP contribution in [0.4, 0.5) is 5.82 Å². The Labute approximate surface area is 115 Å². The normalized spacial score (nSPS) is 10.0.